The van der Waals surface area contributed by atoms with Crippen LogP contribution in [0.2, 0.25) is 0 Å². The second kappa shape index (κ2) is 12.4. The largest absolute Gasteiger partial charge is 0.468 e. The topological polar surface area (TPSA) is 82.3 Å². The number of hydrogen-bond acceptors (Lipinski definition) is 5. The third-order valence-electron chi connectivity index (χ3n) is 5.37. The summed E-state index contributed by atoms with van der Waals surface area (Å²) in [7, 11) is 3.49. The summed E-state index contributed by atoms with van der Waals surface area (Å²) < 4.78 is 11.1. The Morgan fingerprint density at radius 2 is 2.14 bits per heavy atom. The zero-order valence-corrected chi connectivity index (χ0v) is 19.8. The molecule has 0 spiro atoms. The summed E-state index contributed by atoms with van der Waals surface area (Å²) in [5.74, 6) is 2.09. The van der Waals surface area contributed by atoms with Crippen LogP contribution in [-0.2, 0) is 9.53 Å². The van der Waals surface area contributed by atoms with E-state index in [-0.39, 0.29) is 42.5 Å². The molecule has 0 bridgehead atoms. The van der Waals surface area contributed by atoms with Crippen LogP contribution < -0.4 is 10.6 Å². The van der Waals surface area contributed by atoms with Crippen molar-refractivity contribution < 1.29 is 13.9 Å². The number of rotatable bonds is 8. The van der Waals surface area contributed by atoms with E-state index in [1.165, 1.54) is 12.8 Å². The van der Waals surface area contributed by atoms with E-state index in [1.807, 2.05) is 12.1 Å². The highest BCUT2D eigenvalue weighted by Gasteiger charge is 2.26. The molecule has 1 aromatic rings. The van der Waals surface area contributed by atoms with Gasteiger partial charge in [-0.15, -0.1) is 24.0 Å². The molecule has 2 aliphatic heterocycles. The third kappa shape index (κ3) is 7.45. The molecule has 0 aromatic carbocycles. The standard InChI is InChI=1S/C20H33N5O3.HI/c1-24(2)19(26)14-23-20(21-12-16-7-11-27-15-16)22-13-17(18-6-5-10-28-18)25-8-3-4-9-25;/h5-6,10,16-17H,3-4,7-9,11-15H2,1-2H3,(H2,21,22,23);1H. The fourth-order valence-electron chi connectivity index (χ4n) is 3.58. The molecule has 29 heavy (non-hydrogen) atoms. The number of hydrogen-bond donors (Lipinski definition) is 2. The van der Waals surface area contributed by atoms with E-state index in [2.05, 4.69) is 20.5 Å². The molecule has 2 atom stereocenters. The maximum Gasteiger partial charge on any atom is 0.243 e. The van der Waals surface area contributed by atoms with Crippen molar-refractivity contribution in [3.8, 4) is 0 Å². The van der Waals surface area contributed by atoms with Crippen molar-refractivity contribution in [2.24, 2.45) is 10.9 Å². The van der Waals surface area contributed by atoms with Gasteiger partial charge < -0.3 is 24.7 Å². The Labute approximate surface area is 190 Å². The van der Waals surface area contributed by atoms with Gasteiger partial charge in [-0.05, 0) is 44.5 Å². The van der Waals surface area contributed by atoms with Crippen molar-refractivity contribution in [1.82, 2.24) is 20.4 Å². The van der Waals surface area contributed by atoms with Crippen molar-refractivity contribution in [1.29, 1.82) is 0 Å². The number of guanidine groups is 1. The Bertz CT molecular complexity index is 626. The van der Waals surface area contributed by atoms with Crippen molar-refractivity contribution in [2.45, 2.75) is 25.3 Å². The Morgan fingerprint density at radius 3 is 2.76 bits per heavy atom. The predicted octanol–water partition coefficient (Wildman–Crippen LogP) is 1.69. The number of furan rings is 1. The number of nitrogens with one attached hydrogen (secondary N) is 2. The smallest absolute Gasteiger partial charge is 0.243 e. The van der Waals surface area contributed by atoms with Gasteiger partial charge in [-0.2, -0.15) is 0 Å². The number of ether oxygens (including phenoxy) is 1. The highest BCUT2D eigenvalue weighted by Crippen LogP contribution is 2.24. The minimum Gasteiger partial charge on any atom is -0.468 e. The molecule has 2 N–H and O–H groups in total. The summed E-state index contributed by atoms with van der Waals surface area (Å²) in [6.45, 7) is 5.34. The number of nitrogens with zero attached hydrogens (tertiary/aromatic N) is 3. The Balaban J connectivity index is 0.00000300. The molecule has 164 valence electrons. The van der Waals surface area contributed by atoms with E-state index in [0.717, 1.165) is 45.0 Å². The average Bonchev–Trinajstić information content (AvgIpc) is 3.46. The number of carbonyl (C=O) groups excluding carboxylic acids is 1. The van der Waals surface area contributed by atoms with Gasteiger partial charge in [0, 0.05) is 39.7 Å². The molecule has 2 fully saturated rings. The van der Waals surface area contributed by atoms with Crippen LogP contribution in [-0.4, -0.2) is 81.7 Å². The molecule has 3 rings (SSSR count). The van der Waals surface area contributed by atoms with Gasteiger partial charge in [-0.25, -0.2) is 4.99 Å². The quantitative estimate of drug-likeness (QED) is 0.309. The number of likely N-dealkylation sites (tertiary alicyclic amines) is 1. The maximum absolute atomic E-state index is 12.0. The molecule has 0 saturated carbocycles. The van der Waals surface area contributed by atoms with E-state index in [4.69, 9.17) is 9.15 Å². The lowest BCUT2D eigenvalue weighted by molar-refractivity contribution is -0.127. The molecule has 1 amide bonds. The first-order chi connectivity index (χ1) is 13.6. The minimum absolute atomic E-state index is 0. The molecule has 9 heteroatoms. The van der Waals surface area contributed by atoms with Gasteiger partial charge in [0.2, 0.25) is 5.91 Å². The second-order valence-electron chi connectivity index (χ2n) is 7.72. The van der Waals surface area contributed by atoms with Crippen molar-refractivity contribution in [2.75, 3.05) is 60.0 Å². The molecule has 2 unspecified atom stereocenters. The van der Waals surface area contributed by atoms with E-state index >= 15 is 0 Å². The summed E-state index contributed by atoms with van der Waals surface area (Å²) in [4.78, 5) is 20.5. The summed E-state index contributed by atoms with van der Waals surface area (Å²) in [6, 6.07) is 4.12. The second-order valence-corrected chi connectivity index (χ2v) is 7.72. The lowest BCUT2D eigenvalue weighted by Crippen LogP contribution is -2.44. The molecule has 3 heterocycles. The zero-order valence-electron chi connectivity index (χ0n) is 17.4. The molecular formula is C20H34IN5O3. The number of halogens is 1. The minimum atomic E-state index is -0.0209. The van der Waals surface area contributed by atoms with Crippen molar-refractivity contribution in [3.05, 3.63) is 24.2 Å². The molecule has 2 saturated heterocycles. The lowest BCUT2D eigenvalue weighted by atomic mass is 10.1. The molecular weight excluding hydrogens is 485 g/mol. The predicted molar refractivity (Wildman–Crippen MR) is 124 cm³/mol. The van der Waals surface area contributed by atoms with Crippen LogP contribution in [0.15, 0.2) is 27.8 Å². The molecule has 2 aliphatic rings. The summed E-state index contributed by atoms with van der Waals surface area (Å²) >= 11 is 0. The normalized spacial score (nSPS) is 20.9. The van der Waals surface area contributed by atoms with Crippen LogP contribution in [0.1, 0.15) is 31.1 Å². The van der Waals surface area contributed by atoms with Crippen molar-refractivity contribution in [3.63, 3.8) is 0 Å². The lowest BCUT2D eigenvalue weighted by Gasteiger charge is -2.27. The van der Waals surface area contributed by atoms with Gasteiger partial charge in [0.1, 0.15) is 12.3 Å². The first kappa shape index (κ1) is 23.9. The first-order valence-corrected chi connectivity index (χ1v) is 10.2. The van der Waals surface area contributed by atoms with E-state index < -0.39 is 0 Å². The molecule has 0 aliphatic carbocycles. The number of aliphatic imine (C=N–C) groups is 1. The Hall–Kier alpha value is -1.33. The number of amides is 1. The van der Waals surface area contributed by atoms with Gasteiger partial charge in [-0.1, -0.05) is 0 Å². The van der Waals surface area contributed by atoms with Crippen LogP contribution in [0, 0.1) is 5.92 Å². The SMILES string of the molecule is CN(C)C(=O)CN=C(NCC1CCOC1)NCC(c1ccco1)N1CCCC1.I. The summed E-state index contributed by atoms with van der Waals surface area (Å²) in [6.07, 6.45) is 5.21. The maximum atomic E-state index is 12.0. The highest BCUT2D eigenvalue weighted by atomic mass is 127. The van der Waals surface area contributed by atoms with Gasteiger partial charge in [0.25, 0.3) is 0 Å². The first-order valence-electron chi connectivity index (χ1n) is 10.2. The molecule has 8 nitrogen and oxygen atoms in total. The Morgan fingerprint density at radius 1 is 1.34 bits per heavy atom. The fourth-order valence-corrected chi connectivity index (χ4v) is 3.58. The number of carbonyl (C=O) groups is 1. The average molecular weight is 519 g/mol. The van der Waals surface area contributed by atoms with Gasteiger partial charge in [0.05, 0.1) is 18.9 Å². The molecule has 0 radical (unpaired) electrons. The monoisotopic (exact) mass is 519 g/mol. The third-order valence-corrected chi connectivity index (χ3v) is 5.37. The fraction of sp³-hybridized carbons (Fsp3) is 0.700. The van der Waals surface area contributed by atoms with E-state index in [0.29, 0.717) is 18.4 Å². The van der Waals surface area contributed by atoms with Crippen LogP contribution in [0.25, 0.3) is 0 Å². The van der Waals surface area contributed by atoms with Gasteiger partial charge in [0.15, 0.2) is 5.96 Å². The van der Waals surface area contributed by atoms with Gasteiger partial charge in [-0.3, -0.25) is 9.69 Å². The zero-order chi connectivity index (χ0) is 19.8. The highest BCUT2D eigenvalue weighted by molar-refractivity contribution is 14.0. The van der Waals surface area contributed by atoms with Crippen LogP contribution in [0.4, 0.5) is 0 Å². The van der Waals surface area contributed by atoms with Crippen LogP contribution in [0.3, 0.4) is 0 Å². The molecule has 1 aromatic heterocycles. The summed E-state index contributed by atoms with van der Waals surface area (Å²) in [5.41, 5.74) is 0. The van der Waals surface area contributed by atoms with E-state index in [9.17, 15) is 4.79 Å². The van der Waals surface area contributed by atoms with Gasteiger partial charge >= 0.3 is 0 Å². The van der Waals surface area contributed by atoms with Crippen LogP contribution in [0.5, 0.6) is 0 Å². The Kier molecular flexibility index (Phi) is 10.2. The number of likely N-dealkylation sites (N-methyl/N-ethyl adjacent to an activating group) is 1. The van der Waals surface area contributed by atoms with Crippen molar-refractivity contribution >= 4 is 35.8 Å². The van der Waals surface area contributed by atoms with Crippen LogP contribution >= 0.6 is 24.0 Å². The summed E-state index contributed by atoms with van der Waals surface area (Å²) in [5, 5.41) is 6.82. The van der Waals surface area contributed by atoms with E-state index in [1.54, 1.807) is 25.3 Å².